The zero-order valence-corrected chi connectivity index (χ0v) is 55.7. The summed E-state index contributed by atoms with van der Waals surface area (Å²) in [7, 11) is 0. The molecule has 0 radical (unpaired) electrons. The van der Waals surface area contributed by atoms with Gasteiger partial charge in [0.05, 0.1) is 0 Å². The van der Waals surface area contributed by atoms with Crippen LogP contribution in [0.5, 0.6) is 0 Å². The Kier molecular flexibility index (Phi) is 69.1. The van der Waals surface area contributed by atoms with Gasteiger partial charge in [-0.1, -0.05) is 351 Å². The number of ether oxygens (including phenoxy) is 3. The molecule has 0 rings (SSSR count). The van der Waals surface area contributed by atoms with Gasteiger partial charge in [-0.2, -0.15) is 0 Å². The van der Waals surface area contributed by atoms with E-state index in [1.165, 1.54) is 263 Å². The topological polar surface area (TPSA) is 78.9 Å². The zero-order chi connectivity index (χ0) is 59.9. The van der Waals surface area contributed by atoms with E-state index >= 15 is 0 Å². The molecule has 0 N–H and O–H groups in total. The van der Waals surface area contributed by atoms with E-state index in [1.54, 1.807) is 0 Å². The summed E-state index contributed by atoms with van der Waals surface area (Å²) in [6.45, 7) is 6.58. The van der Waals surface area contributed by atoms with Crippen molar-refractivity contribution in [2.75, 3.05) is 13.2 Å². The van der Waals surface area contributed by atoms with Crippen LogP contribution in [0, 0.1) is 0 Å². The summed E-state index contributed by atoms with van der Waals surface area (Å²) in [5, 5.41) is 0. The Bertz CT molecular complexity index is 1470. The summed E-state index contributed by atoms with van der Waals surface area (Å²) >= 11 is 0. The van der Waals surface area contributed by atoms with Gasteiger partial charge in [0.15, 0.2) is 6.10 Å². The van der Waals surface area contributed by atoms with E-state index in [4.69, 9.17) is 14.2 Å². The predicted octanol–water partition coefficient (Wildman–Crippen LogP) is 25.5. The lowest BCUT2D eigenvalue weighted by Crippen LogP contribution is -2.30. The fraction of sp³-hybridized carbons (Fsp3) is 0.831. The highest BCUT2D eigenvalue weighted by atomic mass is 16.6. The van der Waals surface area contributed by atoms with Crippen LogP contribution in [0.3, 0.4) is 0 Å². The van der Waals surface area contributed by atoms with Gasteiger partial charge in [-0.15, -0.1) is 0 Å². The second-order valence-electron chi connectivity index (χ2n) is 24.8. The number of esters is 3. The molecule has 0 spiro atoms. The number of allylic oxidation sites excluding steroid dienone is 10. The van der Waals surface area contributed by atoms with Crippen molar-refractivity contribution in [3.63, 3.8) is 0 Å². The summed E-state index contributed by atoms with van der Waals surface area (Å²) in [5.41, 5.74) is 0. The molecule has 0 saturated carbocycles. The van der Waals surface area contributed by atoms with E-state index in [-0.39, 0.29) is 31.1 Å². The minimum atomic E-state index is -0.777. The molecular weight excluding hydrogens is 1020 g/mol. The third-order valence-corrected chi connectivity index (χ3v) is 16.5. The first kappa shape index (κ1) is 80.1. The van der Waals surface area contributed by atoms with Crippen molar-refractivity contribution in [3.05, 3.63) is 60.8 Å². The molecule has 0 aromatic carbocycles. The average molecular weight is 1160 g/mol. The Balaban J connectivity index is 4.25. The number of hydrogen-bond donors (Lipinski definition) is 0. The normalized spacial score (nSPS) is 12.4. The molecule has 1 unspecified atom stereocenters. The number of carbonyl (C=O) groups excluding carboxylic acids is 3. The maximum atomic E-state index is 13.0. The standard InChI is InChI=1S/C77H140O6/c1-4-7-10-13-16-19-22-25-28-31-33-34-35-36-37-38-39-40-41-42-44-46-49-52-55-58-61-64-67-70-76(79)82-73-74(72-81-75(78)69-66-63-60-57-54-51-48-45-30-27-24-21-18-15-12-9-6-3)83-77(80)71-68-65-62-59-56-53-50-47-43-32-29-26-23-20-17-14-11-8-5-2/h9,12,18,21-22,25,27,30-31,33,74H,4-8,10-11,13-17,19-20,23-24,26,28-29,32,34-73H2,1-3H3/b12-9-,21-18-,25-22-,30-27-,33-31-. The van der Waals surface area contributed by atoms with E-state index < -0.39 is 6.10 Å². The van der Waals surface area contributed by atoms with E-state index in [1.807, 2.05) is 0 Å². The predicted molar refractivity (Wildman–Crippen MR) is 362 cm³/mol. The third kappa shape index (κ3) is 69.8. The second-order valence-corrected chi connectivity index (χ2v) is 24.8. The maximum absolute atomic E-state index is 13.0. The van der Waals surface area contributed by atoms with Gasteiger partial charge in [0, 0.05) is 19.3 Å². The highest BCUT2D eigenvalue weighted by Gasteiger charge is 2.19. The molecular formula is C77H140O6. The van der Waals surface area contributed by atoms with Crippen LogP contribution in [0.25, 0.3) is 0 Å². The molecule has 0 amide bonds. The van der Waals surface area contributed by atoms with Gasteiger partial charge < -0.3 is 14.2 Å². The Morgan fingerprint density at radius 3 is 0.735 bits per heavy atom. The highest BCUT2D eigenvalue weighted by Crippen LogP contribution is 2.19. The quantitative estimate of drug-likeness (QED) is 0.0261. The smallest absolute Gasteiger partial charge is 0.306 e. The van der Waals surface area contributed by atoms with Crippen LogP contribution in [0.1, 0.15) is 393 Å². The van der Waals surface area contributed by atoms with Crippen LogP contribution in [0.4, 0.5) is 0 Å². The molecule has 0 fully saturated rings. The minimum absolute atomic E-state index is 0.0723. The summed E-state index contributed by atoms with van der Waals surface area (Å²) in [5.74, 6) is -0.854. The lowest BCUT2D eigenvalue weighted by Gasteiger charge is -2.18. The van der Waals surface area contributed by atoms with Crippen molar-refractivity contribution >= 4 is 17.9 Å². The summed E-state index contributed by atoms with van der Waals surface area (Å²) in [4.78, 5) is 38.5. The van der Waals surface area contributed by atoms with Crippen LogP contribution >= 0.6 is 0 Å². The first-order chi connectivity index (χ1) is 41.0. The monoisotopic (exact) mass is 1160 g/mol. The molecule has 83 heavy (non-hydrogen) atoms. The molecule has 0 heterocycles. The molecule has 0 saturated heterocycles. The van der Waals surface area contributed by atoms with Crippen molar-refractivity contribution in [2.45, 2.75) is 399 Å². The SMILES string of the molecule is CC/C=C\C/C=C\C/C=C\CCCCCCCCCC(=O)OCC(COC(=O)CCCCCCCCCCCCCCCCCCC/C=C\C/C=C\CCCCCCC)OC(=O)CCCCCCCCCCCCCCCCCCCCC. The van der Waals surface area contributed by atoms with Crippen LogP contribution < -0.4 is 0 Å². The van der Waals surface area contributed by atoms with Crippen LogP contribution in [-0.2, 0) is 28.6 Å². The molecule has 0 aliphatic carbocycles. The minimum Gasteiger partial charge on any atom is -0.462 e. The lowest BCUT2D eigenvalue weighted by atomic mass is 10.0. The maximum Gasteiger partial charge on any atom is 0.306 e. The molecule has 0 aliphatic heterocycles. The first-order valence-corrected chi connectivity index (χ1v) is 36.8. The molecule has 0 aromatic rings. The van der Waals surface area contributed by atoms with Crippen molar-refractivity contribution in [1.82, 2.24) is 0 Å². The molecule has 6 heteroatoms. The van der Waals surface area contributed by atoms with Gasteiger partial charge in [-0.25, -0.2) is 0 Å². The number of unbranched alkanes of at least 4 members (excludes halogenated alkanes) is 47. The number of hydrogen-bond acceptors (Lipinski definition) is 6. The molecule has 0 bridgehead atoms. The van der Waals surface area contributed by atoms with E-state index in [2.05, 4.69) is 81.5 Å². The van der Waals surface area contributed by atoms with Gasteiger partial charge in [0.25, 0.3) is 0 Å². The van der Waals surface area contributed by atoms with Gasteiger partial charge in [0.2, 0.25) is 0 Å². The summed E-state index contributed by atoms with van der Waals surface area (Å²) in [6.07, 6.45) is 92.6. The molecule has 6 nitrogen and oxygen atoms in total. The fourth-order valence-corrected chi connectivity index (χ4v) is 11.0. The molecule has 484 valence electrons. The van der Waals surface area contributed by atoms with Crippen molar-refractivity contribution in [1.29, 1.82) is 0 Å². The summed E-state index contributed by atoms with van der Waals surface area (Å²) < 4.78 is 17.0. The van der Waals surface area contributed by atoms with Gasteiger partial charge in [-0.3, -0.25) is 14.4 Å². The lowest BCUT2D eigenvalue weighted by molar-refractivity contribution is -0.167. The molecule has 0 aliphatic rings. The third-order valence-electron chi connectivity index (χ3n) is 16.5. The number of carbonyl (C=O) groups is 3. The van der Waals surface area contributed by atoms with Crippen molar-refractivity contribution in [2.24, 2.45) is 0 Å². The van der Waals surface area contributed by atoms with Gasteiger partial charge in [0.1, 0.15) is 13.2 Å². The summed E-state index contributed by atoms with van der Waals surface area (Å²) in [6, 6.07) is 0. The Hall–Kier alpha value is -2.89. The van der Waals surface area contributed by atoms with Crippen molar-refractivity contribution < 1.29 is 28.6 Å². The zero-order valence-electron chi connectivity index (χ0n) is 55.7. The van der Waals surface area contributed by atoms with Gasteiger partial charge >= 0.3 is 17.9 Å². The van der Waals surface area contributed by atoms with E-state index in [0.29, 0.717) is 19.3 Å². The van der Waals surface area contributed by atoms with Gasteiger partial charge in [-0.05, 0) is 83.5 Å². The van der Waals surface area contributed by atoms with E-state index in [9.17, 15) is 14.4 Å². The second kappa shape index (κ2) is 71.6. The van der Waals surface area contributed by atoms with Crippen LogP contribution in [-0.4, -0.2) is 37.2 Å². The van der Waals surface area contributed by atoms with Crippen molar-refractivity contribution in [3.8, 4) is 0 Å². The Morgan fingerprint density at radius 1 is 0.253 bits per heavy atom. The largest absolute Gasteiger partial charge is 0.462 e. The van der Waals surface area contributed by atoms with E-state index in [0.717, 1.165) is 89.9 Å². The Morgan fingerprint density at radius 2 is 0.470 bits per heavy atom. The van der Waals surface area contributed by atoms with Crippen LogP contribution in [0.2, 0.25) is 0 Å². The number of rotatable bonds is 68. The first-order valence-electron chi connectivity index (χ1n) is 36.8. The fourth-order valence-electron chi connectivity index (χ4n) is 11.0. The Labute approximate surface area is 517 Å². The molecule has 1 atom stereocenters. The highest BCUT2D eigenvalue weighted by molar-refractivity contribution is 5.71. The molecule has 0 aromatic heterocycles. The van der Waals surface area contributed by atoms with Crippen LogP contribution in [0.15, 0.2) is 60.8 Å². The average Bonchev–Trinajstić information content (AvgIpc) is 3.50.